The van der Waals surface area contributed by atoms with Crippen molar-refractivity contribution in [2.75, 3.05) is 0 Å². The maximum Gasteiger partial charge on any atom is 0.124 e. The molecule has 1 unspecified atom stereocenters. The van der Waals surface area contributed by atoms with Gasteiger partial charge in [0.25, 0.3) is 0 Å². The molecule has 86 valence electrons. The van der Waals surface area contributed by atoms with Crippen molar-refractivity contribution >= 4 is 11.3 Å². The van der Waals surface area contributed by atoms with Gasteiger partial charge in [0.15, 0.2) is 0 Å². The summed E-state index contributed by atoms with van der Waals surface area (Å²) in [4.78, 5) is 5.71. The zero-order valence-electron chi connectivity index (χ0n) is 9.65. The van der Waals surface area contributed by atoms with Crippen LogP contribution in [0.5, 0.6) is 0 Å². The Bertz CT molecular complexity index is 450. The molecule has 0 amide bonds. The van der Waals surface area contributed by atoms with Crippen molar-refractivity contribution in [2.45, 2.75) is 33.4 Å². The molecule has 0 radical (unpaired) electrons. The van der Waals surface area contributed by atoms with E-state index < -0.39 is 0 Å². The highest BCUT2D eigenvalue weighted by Crippen LogP contribution is 2.24. The average Bonchev–Trinajstić information content (AvgIpc) is 2.84. The highest BCUT2D eigenvalue weighted by atomic mass is 32.1. The van der Waals surface area contributed by atoms with E-state index in [1.807, 2.05) is 19.9 Å². The number of hydrogen-bond acceptors (Lipinski definition) is 5. The summed E-state index contributed by atoms with van der Waals surface area (Å²) < 4.78 is 4.78. The van der Waals surface area contributed by atoms with Gasteiger partial charge in [0, 0.05) is 23.5 Å². The Morgan fingerprint density at radius 3 is 2.88 bits per heavy atom. The van der Waals surface area contributed by atoms with Crippen molar-refractivity contribution in [1.82, 2.24) is 15.5 Å². The summed E-state index contributed by atoms with van der Waals surface area (Å²) in [5.41, 5.74) is 2.04. The van der Waals surface area contributed by atoms with E-state index in [2.05, 4.69) is 22.4 Å². The maximum absolute atomic E-state index is 4.78. The largest absolute Gasteiger partial charge is 0.364 e. The molecule has 0 bridgehead atoms. The van der Waals surface area contributed by atoms with E-state index in [4.69, 9.17) is 4.52 Å². The first-order chi connectivity index (χ1) is 7.66. The van der Waals surface area contributed by atoms with Crippen LogP contribution in [-0.4, -0.2) is 10.1 Å². The number of hydrogen-bond donors (Lipinski definition) is 1. The Morgan fingerprint density at radius 1 is 1.50 bits per heavy atom. The molecule has 0 aliphatic rings. The molecule has 0 saturated carbocycles. The van der Waals surface area contributed by atoms with Crippen molar-refractivity contribution < 1.29 is 4.52 Å². The lowest BCUT2D eigenvalue weighted by Crippen LogP contribution is -2.18. The van der Waals surface area contributed by atoms with Crippen LogP contribution < -0.4 is 5.32 Å². The second-order valence-corrected chi connectivity index (χ2v) is 5.01. The molecule has 0 aliphatic carbocycles. The van der Waals surface area contributed by atoms with E-state index in [1.165, 1.54) is 4.88 Å². The fourth-order valence-electron chi connectivity index (χ4n) is 1.63. The number of nitrogens with one attached hydrogen (secondary N) is 1. The van der Waals surface area contributed by atoms with E-state index in [9.17, 15) is 0 Å². The van der Waals surface area contributed by atoms with Crippen LogP contribution in [0.1, 0.15) is 34.2 Å². The van der Waals surface area contributed by atoms with Gasteiger partial charge < -0.3 is 9.84 Å². The lowest BCUT2D eigenvalue weighted by atomic mass is 10.2. The highest BCUT2D eigenvalue weighted by Gasteiger charge is 2.12. The number of rotatable bonds is 4. The van der Waals surface area contributed by atoms with E-state index in [0.717, 1.165) is 16.4 Å². The van der Waals surface area contributed by atoms with Crippen molar-refractivity contribution in [3.05, 3.63) is 33.6 Å². The predicted molar refractivity (Wildman–Crippen MR) is 63.3 cm³/mol. The fraction of sp³-hybridized carbons (Fsp3) is 0.455. The van der Waals surface area contributed by atoms with Crippen LogP contribution in [0, 0.1) is 13.8 Å². The van der Waals surface area contributed by atoms with Crippen LogP contribution in [0.25, 0.3) is 0 Å². The van der Waals surface area contributed by atoms with Gasteiger partial charge in [-0.2, -0.15) is 0 Å². The second kappa shape index (κ2) is 4.76. The Morgan fingerprint density at radius 2 is 2.31 bits per heavy atom. The Balaban J connectivity index is 1.98. The number of thiazole rings is 1. The summed E-state index contributed by atoms with van der Waals surface area (Å²) in [6.07, 6.45) is 1.59. The van der Waals surface area contributed by atoms with Gasteiger partial charge in [0.2, 0.25) is 0 Å². The summed E-state index contributed by atoms with van der Waals surface area (Å²) in [6.45, 7) is 6.94. The lowest BCUT2D eigenvalue weighted by molar-refractivity contribution is 0.406. The van der Waals surface area contributed by atoms with Gasteiger partial charge in [-0.15, -0.1) is 11.3 Å². The van der Waals surface area contributed by atoms with Crippen LogP contribution >= 0.6 is 11.3 Å². The normalized spacial score (nSPS) is 12.9. The fourth-order valence-corrected chi connectivity index (χ4v) is 2.58. The van der Waals surface area contributed by atoms with Crippen LogP contribution in [0.3, 0.4) is 0 Å². The van der Waals surface area contributed by atoms with Gasteiger partial charge in [-0.05, 0) is 20.8 Å². The van der Waals surface area contributed by atoms with Crippen LogP contribution in [0.4, 0.5) is 0 Å². The summed E-state index contributed by atoms with van der Waals surface area (Å²) in [7, 11) is 0. The predicted octanol–water partition coefficient (Wildman–Crippen LogP) is 2.60. The van der Waals surface area contributed by atoms with Crippen molar-refractivity contribution in [2.24, 2.45) is 0 Å². The molecule has 0 spiro atoms. The Kier molecular flexibility index (Phi) is 3.36. The first-order valence-electron chi connectivity index (χ1n) is 5.23. The van der Waals surface area contributed by atoms with E-state index in [1.54, 1.807) is 17.6 Å². The number of nitrogens with zero attached hydrogens (tertiary/aromatic N) is 2. The molecule has 2 aromatic rings. The molecule has 0 aromatic carbocycles. The zero-order valence-corrected chi connectivity index (χ0v) is 10.5. The van der Waals surface area contributed by atoms with E-state index >= 15 is 0 Å². The highest BCUT2D eigenvalue weighted by molar-refractivity contribution is 7.11. The molecule has 16 heavy (non-hydrogen) atoms. The molecule has 0 fully saturated rings. The molecule has 1 N–H and O–H groups in total. The van der Waals surface area contributed by atoms with Gasteiger partial charge in [0.05, 0.1) is 16.4 Å². The average molecular weight is 237 g/mol. The maximum atomic E-state index is 4.78. The third-order valence-corrected chi connectivity index (χ3v) is 3.67. The number of aryl methyl sites for hydroxylation is 2. The summed E-state index contributed by atoms with van der Waals surface area (Å²) in [5, 5.41) is 8.38. The Hall–Kier alpha value is -1.20. The topological polar surface area (TPSA) is 51.0 Å². The third kappa shape index (κ3) is 2.48. The monoisotopic (exact) mass is 237 g/mol. The molecule has 0 aliphatic heterocycles. The smallest absolute Gasteiger partial charge is 0.124 e. The van der Waals surface area contributed by atoms with Gasteiger partial charge in [0.1, 0.15) is 6.26 Å². The van der Waals surface area contributed by atoms with Gasteiger partial charge in [-0.1, -0.05) is 5.16 Å². The molecule has 2 rings (SSSR count). The minimum absolute atomic E-state index is 0.294. The first-order valence-corrected chi connectivity index (χ1v) is 6.05. The molecular weight excluding hydrogens is 222 g/mol. The van der Waals surface area contributed by atoms with Gasteiger partial charge in [-0.3, -0.25) is 0 Å². The van der Waals surface area contributed by atoms with Crippen LogP contribution in [0.15, 0.2) is 16.9 Å². The summed E-state index contributed by atoms with van der Waals surface area (Å²) >= 11 is 1.74. The first kappa shape index (κ1) is 11.3. The minimum Gasteiger partial charge on any atom is -0.364 e. The summed E-state index contributed by atoms with van der Waals surface area (Å²) in [6, 6.07) is 2.16. The quantitative estimate of drug-likeness (QED) is 0.888. The number of aromatic nitrogens is 2. The van der Waals surface area contributed by atoms with Crippen molar-refractivity contribution in [1.29, 1.82) is 0 Å². The zero-order chi connectivity index (χ0) is 11.5. The van der Waals surface area contributed by atoms with Crippen molar-refractivity contribution in [3.8, 4) is 0 Å². The van der Waals surface area contributed by atoms with E-state index in [-0.39, 0.29) is 0 Å². The van der Waals surface area contributed by atoms with E-state index in [0.29, 0.717) is 12.6 Å². The second-order valence-electron chi connectivity index (χ2n) is 3.78. The summed E-state index contributed by atoms with van der Waals surface area (Å²) in [5.74, 6) is 0. The van der Waals surface area contributed by atoms with Gasteiger partial charge in [-0.25, -0.2) is 4.98 Å². The molecule has 2 heterocycles. The Labute approximate surface area is 98.7 Å². The van der Waals surface area contributed by atoms with Crippen LogP contribution in [-0.2, 0) is 6.54 Å². The standard InChI is InChI=1S/C11H15N3OS/c1-7(11-8(2)13-9(3)16-11)12-6-10-4-5-15-14-10/h4-5,7,12H,6H2,1-3H3. The molecule has 2 aromatic heterocycles. The van der Waals surface area contributed by atoms with Crippen LogP contribution in [0.2, 0.25) is 0 Å². The van der Waals surface area contributed by atoms with Gasteiger partial charge >= 0.3 is 0 Å². The molecular formula is C11H15N3OS. The molecule has 1 atom stereocenters. The van der Waals surface area contributed by atoms with Crippen molar-refractivity contribution in [3.63, 3.8) is 0 Å². The SMILES string of the molecule is Cc1nc(C)c(C(C)NCc2ccon2)s1. The molecule has 4 nitrogen and oxygen atoms in total. The third-order valence-electron chi connectivity index (χ3n) is 2.41. The lowest BCUT2D eigenvalue weighted by Gasteiger charge is -2.11. The molecule has 5 heteroatoms. The molecule has 0 saturated heterocycles. The minimum atomic E-state index is 0.294.